The molecule has 0 N–H and O–H groups in total. The zero-order chi connectivity index (χ0) is 14.8. The highest BCUT2D eigenvalue weighted by Crippen LogP contribution is 2.46. The molecule has 0 unspecified atom stereocenters. The summed E-state index contributed by atoms with van der Waals surface area (Å²) in [6.07, 6.45) is 7.29. The smallest absolute Gasteiger partial charge is 0.312 e. The number of ether oxygens (including phenoxy) is 3. The molecular weight excluding hydrogens is 264 g/mol. The maximum Gasteiger partial charge on any atom is 0.312 e. The van der Waals surface area contributed by atoms with E-state index in [4.69, 9.17) is 20.6 Å². The molecule has 0 aliphatic carbocycles. The molecule has 3 fully saturated rings. The summed E-state index contributed by atoms with van der Waals surface area (Å²) in [4.78, 5) is 0. The molecule has 21 heavy (non-hydrogen) atoms. The van der Waals surface area contributed by atoms with E-state index in [0.29, 0.717) is 19.8 Å². The van der Waals surface area contributed by atoms with E-state index in [1.807, 2.05) is 24.3 Å². The third-order valence-electron chi connectivity index (χ3n) is 4.00. The van der Waals surface area contributed by atoms with Crippen molar-refractivity contribution in [3.8, 4) is 24.2 Å². The summed E-state index contributed by atoms with van der Waals surface area (Å²) in [5, 5.41) is 0. The lowest BCUT2D eigenvalue weighted by atomic mass is 9.83. The van der Waals surface area contributed by atoms with Gasteiger partial charge in [0, 0.05) is 16.5 Å². The van der Waals surface area contributed by atoms with Gasteiger partial charge < -0.3 is 14.2 Å². The standard InChI is InChI=1S/C18H18O3/c1-3-5-6-15-7-9-16(10-8-15)18-19-12-17(11-4-2,13-20-18)14-21-18/h1,7-10H,4,11-14H2,2H3. The number of rotatable bonds is 3. The van der Waals surface area contributed by atoms with Gasteiger partial charge in [0.05, 0.1) is 19.8 Å². The van der Waals surface area contributed by atoms with Gasteiger partial charge in [-0.05, 0) is 42.5 Å². The Bertz CT molecular complexity index is 588. The molecule has 0 amide bonds. The largest absolute Gasteiger partial charge is 0.323 e. The minimum Gasteiger partial charge on any atom is -0.323 e. The van der Waals surface area contributed by atoms with Gasteiger partial charge in [0.25, 0.3) is 0 Å². The molecule has 3 nitrogen and oxygen atoms in total. The molecule has 108 valence electrons. The van der Waals surface area contributed by atoms with Crippen LogP contribution in [0.2, 0.25) is 0 Å². The van der Waals surface area contributed by atoms with E-state index >= 15 is 0 Å². The zero-order valence-corrected chi connectivity index (χ0v) is 12.1. The minimum atomic E-state index is -1.05. The lowest BCUT2D eigenvalue weighted by molar-refractivity contribution is -0.480. The van der Waals surface area contributed by atoms with E-state index in [9.17, 15) is 0 Å². The molecule has 3 aliphatic rings. The van der Waals surface area contributed by atoms with Gasteiger partial charge in [0.1, 0.15) is 0 Å². The Balaban J connectivity index is 1.78. The van der Waals surface area contributed by atoms with Gasteiger partial charge in [-0.3, -0.25) is 0 Å². The second-order valence-electron chi connectivity index (χ2n) is 5.64. The Morgan fingerprint density at radius 1 is 1.10 bits per heavy atom. The maximum atomic E-state index is 5.91. The highest BCUT2D eigenvalue weighted by atomic mass is 16.9. The van der Waals surface area contributed by atoms with Gasteiger partial charge in [0.15, 0.2) is 0 Å². The Labute approximate surface area is 125 Å². The first-order valence-electron chi connectivity index (χ1n) is 7.21. The number of benzene rings is 1. The summed E-state index contributed by atoms with van der Waals surface area (Å²) in [5.41, 5.74) is 1.74. The number of terminal acetylenes is 1. The Morgan fingerprint density at radius 3 is 2.24 bits per heavy atom. The summed E-state index contributed by atoms with van der Waals surface area (Å²) in [6.45, 7) is 4.21. The summed E-state index contributed by atoms with van der Waals surface area (Å²) < 4.78 is 17.7. The van der Waals surface area contributed by atoms with Crippen molar-refractivity contribution in [1.29, 1.82) is 0 Å². The molecule has 1 aromatic rings. The second kappa shape index (κ2) is 5.54. The molecule has 3 saturated heterocycles. The van der Waals surface area contributed by atoms with Crippen LogP contribution in [0.1, 0.15) is 30.9 Å². The predicted molar refractivity (Wildman–Crippen MR) is 79.0 cm³/mol. The topological polar surface area (TPSA) is 27.7 Å². The van der Waals surface area contributed by atoms with Crippen LogP contribution in [0.3, 0.4) is 0 Å². The molecule has 0 aromatic heterocycles. The van der Waals surface area contributed by atoms with Crippen LogP contribution in [0.4, 0.5) is 0 Å². The fourth-order valence-corrected chi connectivity index (χ4v) is 2.86. The molecule has 0 spiro atoms. The molecule has 4 rings (SSSR count). The van der Waals surface area contributed by atoms with Crippen LogP contribution in [-0.4, -0.2) is 19.8 Å². The zero-order valence-electron chi connectivity index (χ0n) is 12.1. The highest BCUT2D eigenvalue weighted by molar-refractivity contribution is 5.40. The van der Waals surface area contributed by atoms with E-state index in [2.05, 4.69) is 24.7 Å². The molecule has 0 saturated carbocycles. The summed E-state index contributed by atoms with van der Waals surface area (Å²) in [6, 6.07) is 7.62. The van der Waals surface area contributed by atoms with Crippen LogP contribution < -0.4 is 0 Å². The van der Waals surface area contributed by atoms with E-state index in [-0.39, 0.29) is 5.41 Å². The van der Waals surface area contributed by atoms with Crippen LogP contribution in [0.5, 0.6) is 0 Å². The first-order chi connectivity index (χ1) is 10.2. The molecule has 2 bridgehead atoms. The average molecular weight is 282 g/mol. The molecule has 0 radical (unpaired) electrons. The average Bonchev–Trinajstić information content (AvgIpc) is 2.55. The van der Waals surface area contributed by atoms with Crippen molar-refractivity contribution < 1.29 is 14.2 Å². The quantitative estimate of drug-likeness (QED) is 0.798. The molecule has 3 heteroatoms. The van der Waals surface area contributed by atoms with Crippen molar-refractivity contribution in [2.24, 2.45) is 5.41 Å². The van der Waals surface area contributed by atoms with Crippen molar-refractivity contribution in [1.82, 2.24) is 0 Å². The molecule has 0 atom stereocenters. The number of fused-ring (bicyclic) bond motifs is 3. The number of hydrogen-bond donors (Lipinski definition) is 0. The first kappa shape index (κ1) is 14.2. The van der Waals surface area contributed by atoms with Crippen molar-refractivity contribution in [2.75, 3.05) is 19.8 Å². The molecule has 3 heterocycles. The monoisotopic (exact) mass is 282 g/mol. The molecule has 1 aromatic carbocycles. The van der Waals surface area contributed by atoms with Crippen LogP contribution in [0.15, 0.2) is 24.3 Å². The minimum absolute atomic E-state index is 0.0225. The Hall–Kier alpha value is -1.78. The van der Waals surface area contributed by atoms with Crippen molar-refractivity contribution in [2.45, 2.75) is 25.7 Å². The van der Waals surface area contributed by atoms with Gasteiger partial charge >= 0.3 is 5.97 Å². The SMILES string of the molecule is C#CC#Cc1ccc(C23OCC(CCC)(CO2)CO3)cc1. The van der Waals surface area contributed by atoms with Crippen LogP contribution in [-0.2, 0) is 20.2 Å². The van der Waals surface area contributed by atoms with Crippen molar-refractivity contribution in [3.63, 3.8) is 0 Å². The summed E-state index contributed by atoms with van der Waals surface area (Å²) >= 11 is 0. The lowest BCUT2D eigenvalue weighted by Crippen LogP contribution is -2.58. The molecular formula is C18H18O3. The van der Waals surface area contributed by atoms with E-state index < -0.39 is 5.97 Å². The van der Waals surface area contributed by atoms with Crippen molar-refractivity contribution >= 4 is 0 Å². The van der Waals surface area contributed by atoms with Gasteiger partial charge in [-0.25, -0.2) is 0 Å². The Morgan fingerprint density at radius 2 is 1.71 bits per heavy atom. The molecule has 3 aliphatic heterocycles. The lowest BCUT2D eigenvalue weighted by Gasteiger charge is -2.51. The van der Waals surface area contributed by atoms with Gasteiger partial charge in [-0.2, -0.15) is 0 Å². The van der Waals surface area contributed by atoms with Crippen molar-refractivity contribution in [3.05, 3.63) is 35.4 Å². The van der Waals surface area contributed by atoms with E-state index in [1.165, 1.54) is 0 Å². The van der Waals surface area contributed by atoms with E-state index in [1.54, 1.807) is 0 Å². The van der Waals surface area contributed by atoms with Gasteiger partial charge in [-0.1, -0.05) is 19.3 Å². The fourth-order valence-electron chi connectivity index (χ4n) is 2.86. The third kappa shape index (κ3) is 2.57. The first-order valence-corrected chi connectivity index (χ1v) is 7.21. The van der Waals surface area contributed by atoms with E-state index in [0.717, 1.165) is 24.0 Å². The van der Waals surface area contributed by atoms with Crippen LogP contribution >= 0.6 is 0 Å². The third-order valence-corrected chi connectivity index (χ3v) is 4.00. The Kier molecular flexibility index (Phi) is 3.74. The summed E-state index contributed by atoms with van der Waals surface area (Å²) in [5.74, 6) is 6.73. The normalized spacial score (nSPS) is 30.3. The fraction of sp³-hybridized carbons (Fsp3) is 0.444. The predicted octanol–water partition coefficient (Wildman–Crippen LogP) is 2.65. The highest BCUT2D eigenvalue weighted by Gasteiger charge is 2.53. The van der Waals surface area contributed by atoms with Gasteiger partial charge in [0.2, 0.25) is 0 Å². The van der Waals surface area contributed by atoms with Crippen LogP contribution in [0, 0.1) is 29.6 Å². The van der Waals surface area contributed by atoms with Crippen LogP contribution in [0.25, 0.3) is 0 Å². The summed E-state index contributed by atoms with van der Waals surface area (Å²) in [7, 11) is 0. The number of hydrogen-bond acceptors (Lipinski definition) is 3. The second-order valence-corrected chi connectivity index (χ2v) is 5.64. The van der Waals surface area contributed by atoms with Gasteiger partial charge in [-0.15, -0.1) is 6.42 Å². The maximum absolute atomic E-state index is 5.91.